The maximum absolute atomic E-state index is 13.6. The molecule has 7 heteroatoms. The Morgan fingerprint density at radius 1 is 1.10 bits per heavy atom. The highest BCUT2D eigenvalue weighted by Gasteiger charge is 2.37. The van der Waals surface area contributed by atoms with Crippen LogP contribution in [0.25, 0.3) is 0 Å². The number of carboxylic acids is 1. The first kappa shape index (κ1) is 19.4. The zero-order valence-electron chi connectivity index (χ0n) is 16.3. The van der Waals surface area contributed by atoms with Crippen LogP contribution < -0.4 is 4.74 Å². The Morgan fingerprint density at radius 2 is 1.72 bits per heavy atom. The average Bonchev–Trinajstić information content (AvgIpc) is 2.71. The fraction of sp³-hybridized carbons (Fsp3) is 0.364. The molecular formula is C22H24N2O5. The molecule has 2 aromatic rings. The fourth-order valence-corrected chi connectivity index (χ4v) is 4.03. The molecule has 2 aliphatic heterocycles. The van der Waals surface area contributed by atoms with Crippen molar-refractivity contribution in [3.8, 4) is 11.5 Å². The second kappa shape index (κ2) is 8.23. The number of hydrogen-bond acceptors (Lipinski definition) is 5. The molecule has 1 unspecified atom stereocenters. The first-order valence-corrected chi connectivity index (χ1v) is 9.69. The normalized spacial score (nSPS) is 18.7. The van der Waals surface area contributed by atoms with Gasteiger partial charge in [-0.25, -0.2) is 0 Å². The lowest BCUT2D eigenvalue weighted by Gasteiger charge is -2.37. The number of aliphatic carboxylic acids is 1. The zero-order valence-corrected chi connectivity index (χ0v) is 16.3. The van der Waals surface area contributed by atoms with Crippen LogP contribution in [-0.4, -0.2) is 72.7 Å². The number of amides is 1. The number of rotatable bonds is 5. The second-order valence-corrected chi connectivity index (χ2v) is 7.48. The molecule has 0 saturated carbocycles. The third-order valence-electron chi connectivity index (χ3n) is 5.30. The Bertz CT molecular complexity index is 870. The maximum Gasteiger partial charge on any atom is 0.317 e. The SMILES string of the molecule is CN(CC(=O)O)CC1CN(C(=O)C2c3ccccc3Oc3ccccc32)CCO1. The van der Waals surface area contributed by atoms with Gasteiger partial charge in [0, 0.05) is 30.8 Å². The van der Waals surface area contributed by atoms with Gasteiger partial charge in [0.1, 0.15) is 11.5 Å². The second-order valence-electron chi connectivity index (χ2n) is 7.48. The highest BCUT2D eigenvalue weighted by Crippen LogP contribution is 2.44. The van der Waals surface area contributed by atoms with Crippen molar-refractivity contribution in [3.63, 3.8) is 0 Å². The van der Waals surface area contributed by atoms with Crippen molar-refractivity contribution in [3.05, 3.63) is 59.7 Å². The largest absolute Gasteiger partial charge is 0.480 e. The molecule has 1 N–H and O–H groups in total. The summed E-state index contributed by atoms with van der Waals surface area (Å²) in [6.45, 7) is 1.78. The van der Waals surface area contributed by atoms with E-state index < -0.39 is 11.9 Å². The Balaban J connectivity index is 1.56. The van der Waals surface area contributed by atoms with E-state index in [0.717, 1.165) is 11.1 Å². The number of carbonyl (C=O) groups is 2. The van der Waals surface area contributed by atoms with E-state index in [-0.39, 0.29) is 18.6 Å². The summed E-state index contributed by atoms with van der Waals surface area (Å²) >= 11 is 0. The quantitative estimate of drug-likeness (QED) is 0.835. The number of benzene rings is 2. The summed E-state index contributed by atoms with van der Waals surface area (Å²) in [5.74, 6) is 0.117. The Labute approximate surface area is 169 Å². The van der Waals surface area contributed by atoms with Crippen LogP contribution in [0.15, 0.2) is 48.5 Å². The van der Waals surface area contributed by atoms with Gasteiger partial charge in [-0.3, -0.25) is 14.5 Å². The first-order valence-electron chi connectivity index (χ1n) is 9.69. The molecule has 2 heterocycles. The van der Waals surface area contributed by atoms with Crippen LogP contribution in [0.2, 0.25) is 0 Å². The molecule has 152 valence electrons. The number of nitrogens with zero attached hydrogens (tertiary/aromatic N) is 2. The third-order valence-corrected chi connectivity index (χ3v) is 5.30. The topological polar surface area (TPSA) is 79.3 Å². The van der Waals surface area contributed by atoms with E-state index in [1.165, 1.54) is 0 Å². The molecule has 7 nitrogen and oxygen atoms in total. The van der Waals surface area contributed by atoms with Crippen LogP contribution in [0.1, 0.15) is 17.0 Å². The predicted octanol–water partition coefficient (Wildman–Crippen LogP) is 2.17. The van der Waals surface area contributed by atoms with E-state index in [0.29, 0.717) is 37.7 Å². The number of carbonyl (C=O) groups excluding carboxylic acids is 1. The molecule has 29 heavy (non-hydrogen) atoms. The number of morpholine rings is 1. The molecule has 0 aliphatic carbocycles. The van der Waals surface area contributed by atoms with Crippen molar-refractivity contribution in [2.75, 3.05) is 39.8 Å². The lowest BCUT2D eigenvalue weighted by molar-refractivity contribution is -0.142. The van der Waals surface area contributed by atoms with Gasteiger partial charge in [0.2, 0.25) is 5.91 Å². The summed E-state index contributed by atoms with van der Waals surface area (Å²) in [6.07, 6.45) is -0.220. The van der Waals surface area contributed by atoms with E-state index in [9.17, 15) is 9.59 Å². The molecule has 0 spiro atoms. The number of hydrogen-bond donors (Lipinski definition) is 1. The minimum Gasteiger partial charge on any atom is -0.480 e. The third kappa shape index (κ3) is 4.11. The van der Waals surface area contributed by atoms with E-state index >= 15 is 0 Å². The zero-order chi connectivity index (χ0) is 20.4. The van der Waals surface area contributed by atoms with Gasteiger partial charge < -0.3 is 19.5 Å². The van der Waals surface area contributed by atoms with E-state index in [4.69, 9.17) is 14.6 Å². The van der Waals surface area contributed by atoms with Gasteiger partial charge in [0.25, 0.3) is 0 Å². The molecular weight excluding hydrogens is 372 g/mol. The average molecular weight is 396 g/mol. The van der Waals surface area contributed by atoms with Crippen LogP contribution in [0, 0.1) is 0 Å². The minimum atomic E-state index is -0.883. The molecule has 1 saturated heterocycles. The summed E-state index contributed by atoms with van der Waals surface area (Å²) in [5, 5.41) is 8.95. The van der Waals surface area contributed by atoms with Gasteiger partial charge in [-0.2, -0.15) is 0 Å². The minimum absolute atomic E-state index is 0.0161. The summed E-state index contributed by atoms with van der Waals surface area (Å²) in [4.78, 5) is 28.0. The van der Waals surface area contributed by atoms with Crippen molar-refractivity contribution in [2.24, 2.45) is 0 Å². The standard InChI is InChI=1S/C22H24N2O5/c1-23(14-20(25)26)12-15-13-24(10-11-28-15)22(27)21-16-6-2-4-8-18(16)29-19-9-5-3-7-17(19)21/h2-9,15,21H,10-14H2,1H3,(H,25,26). The van der Waals surface area contributed by atoms with Gasteiger partial charge in [-0.1, -0.05) is 36.4 Å². The summed E-state index contributed by atoms with van der Waals surface area (Å²) in [7, 11) is 1.74. The molecule has 1 amide bonds. The predicted molar refractivity (Wildman–Crippen MR) is 106 cm³/mol. The summed E-state index contributed by atoms with van der Waals surface area (Å²) < 4.78 is 11.8. The van der Waals surface area contributed by atoms with Crippen molar-refractivity contribution in [1.29, 1.82) is 0 Å². The molecule has 0 aromatic heterocycles. The van der Waals surface area contributed by atoms with Gasteiger partial charge in [0.15, 0.2) is 0 Å². The maximum atomic E-state index is 13.6. The number of ether oxygens (including phenoxy) is 2. The van der Waals surface area contributed by atoms with Crippen LogP contribution >= 0.6 is 0 Å². The Hall–Kier alpha value is -2.90. The number of para-hydroxylation sites is 2. The van der Waals surface area contributed by atoms with E-state index in [1.807, 2.05) is 53.4 Å². The molecule has 2 aromatic carbocycles. The Morgan fingerprint density at radius 3 is 2.34 bits per heavy atom. The van der Waals surface area contributed by atoms with Crippen LogP contribution in [-0.2, 0) is 14.3 Å². The van der Waals surface area contributed by atoms with Gasteiger partial charge in [-0.15, -0.1) is 0 Å². The highest BCUT2D eigenvalue weighted by molar-refractivity contribution is 5.89. The van der Waals surface area contributed by atoms with Crippen molar-refractivity contribution < 1.29 is 24.2 Å². The number of carboxylic acid groups (broad SMARTS) is 1. The lowest BCUT2D eigenvalue weighted by Crippen LogP contribution is -2.51. The molecule has 1 atom stereocenters. The smallest absolute Gasteiger partial charge is 0.317 e. The molecule has 1 fully saturated rings. The number of fused-ring (bicyclic) bond motifs is 2. The van der Waals surface area contributed by atoms with Crippen molar-refractivity contribution >= 4 is 11.9 Å². The fourth-order valence-electron chi connectivity index (χ4n) is 4.03. The Kier molecular flexibility index (Phi) is 5.51. The molecule has 0 bridgehead atoms. The van der Waals surface area contributed by atoms with Crippen LogP contribution in [0.3, 0.4) is 0 Å². The molecule has 2 aliphatic rings. The van der Waals surface area contributed by atoms with Crippen LogP contribution in [0.4, 0.5) is 0 Å². The molecule has 4 rings (SSSR count). The van der Waals surface area contributed by atoms with Gasteiger partial charge in [-0.05, 0) is 19.2 Å². The monoisotopic (exact) mass is 396 g/mol. The van der Waals surface area contributed by atoms with E-state index in [2.05, 4.69) is 0 Å². The number of likely N-dealkylation sites (N-methyl/N-ethyl adjacent to an activating group) is 1. The van der Waals surface area contributed by atoms with Crippen molar-refractivity contribution in [2.45, 2.75) is 12.0 Å². The summed E-state index contributed by atoms with van der Waals surface area (Å²) in [6, 6.07) is 15.3. The van der Waals surface area contributed by atoms with Gasteiger partial charge in [0.05, 0.1) is 25.2 Å². The first-order chi connectivity index (χ1) is 14.0. The van der Waals surface area contributed by atoms with Gasteiger partial charge >= 0.3 is 5.97 Å². The van der Waals surface area contributed by atoms with Crippen molar-refractivity contribution in [1.82, 2.24) is 9.80 Å². The lowest BCUT2D eigenvalue weighted by atomic mass is 9.86. The summed E-state index contributed by atoms with van der Waals surface area (Å²) in [5.41, 5.74) is 1.73. The highest BCUT2D eigenvalue weighted by atomic mass is 16.5. The van der Waals surface area contributed by atoms with Crippen LogP contribution in [0.5, 0.6) is 11.5 Å². The molecule has 0 radical (unpaired) electrons. The van der Waals surface area contributed by atoms with E-state index in [1.54, 1.807) is 11.9 Å².